The molecule has 0 saturated heterocycles. The fraction of sp³-hybridized carbons (Fsp3) is 0.0909. The predicted octanol–water partition coefficient (Wildman–Crippen LogP) is 4.45. The maximum atomic E-state index is 12.1. The van der Waals surface area contributed by atoms with E-state index in [1.54, 1.807) is 48.5 Å². The summed E-state index contributed by atoms with van der Waals surface area (Å²) in [7, 11) is 0. The highest BCUT2D eigenvalue weighted by molar-refractivity contribution is 5.94. The first kappa shape index (κ1) is 19.0. The molecule has 2 amide bonds. The minimum absolute atomic E-state index is 0.136. The molecule has 0 saturated carbocycles. The molecule has 2 N–H and O–H groups in total. The van der Waals surface area contributed by atoms with Crippen LogP contribution >= 0.6 is 0 Å². The molecule has 0 heterocycles. The number of rotatable bonds is 7. The lowest BCUT2D eigenvalue weighted by molar-refractivity contribution is -0.118. The Balaban J connectivity index is 1.50. The van der Waals surface area contributed by atoms with Gasteiger partial charge in [0.15, 0.2) is 6.61 Å². The lowest BCUT2D eigenvalue weighted by atomic mass is 10.2. The Kier molecular flexibility index (Phi) is 6.25. The minimum atomic E-state index is -0.301. The maximum absolute atomic E-state index is 12.1. The van der Waals surface area contributed by atoms with Gasteiger partial charge in [-0.15, -0.1) is 0 Å². The third-order valence-corrected chi connectivity index (χ3v) is 3.64. The summed E-state index contributed by atoms with van der Waals surface area (Å²) in [6, 6.07) is 23.4. The highest BCUT2D eigenvalue weighted by atomic mass is 16.5. The van der Waals surface area contributed by atoms with E-state index < -0.39 is 0 Å². The van der Waals surface area contributed by atoms with E-state index in [9.17, 15) is 9.59 Å². The molecule has 6 heteroatoms. The summed E-state index contributed by atoms with van der Waals surface area (Å²) in [6.07, 6.45) is 0. The van der Waals surface area contributed by atoms with E-state index in [4.69, 9.17) is 9.47 Å². The van der Waals surface area contributed by atoms with Gasteiger partial charge in [0.25, 0.3) is 5.91 Å². The number of carbonyl (C=O) groups is 2. The first-order chi connectivity index (χ1) is 13.6. The van der Waals surface area contributed by atoms with Crippen LogP contribution < -0.4 is 20.1 Å². The Morgan fingerprint density at radius 1 is 0.750 bits per heavy atom. The molecule has 0 bridgehead atoms. The van der Waals surface area contributed by atoms with Gasteiger partial charge in [-0.1, -0.05) is 24.3 Å². The summed E-state index contributed by atoms with van der Waals surface area (Å²) in [4.78, 5) is 23.2. The van der Waals surface area contributed by atoms with Crippen molar-refractivity contribution >= 4 is 23.2 Å². The highest BCUT2D eigenvalue weighted by Gasteiger charge is 2.06. The number of anilines is 2. The van der Waals surface area contributed by atoms with Crippen LogP contribution in [0.2, 0.25) is 0 Å². The Bertz CT molecular complexity index is 940. The molecule has 3 rings (SSSR count). The van der Waals surface area contributed by atoms with Crippen LogP contribution in [-0.2, 0) is 9.59 Å². The molecule has 6 nitrogen and oxygen atoms in total. The summed E-state index contributed by atoms with van der Waals surface area (Å²) in [6.45, 7) is 1.29. The first-order valence-corrected chi connectivity index (χ1v) is 8.72. The second kappa shape index (κ2) is 9.23. The number of carbonyl (C=O) groups excluding carboxylic acids is 2. The molecule has 0 radical (unpaired) electrons. The minimum Gasteiger partial charge on any atom is -0.484 e. The van der Waals surface area contributed by atoms with Crippen LogP contribution in [-0.4, -0.2) is 18.4 Å². The molecular weight excluding hydrogens is 356 g/mol. The summed E-state index contributed by atoms with van der Waals surface area (Å²) in [5.74, 6) is 1.51. The number of amides is 2. The Morgan fingerprint density at radius 3 is 2.04 bits per heavy atom. The third-order valence-electron chi connectivity index (χ3n) is 3.64. The molecule has 142 valence electrons. The number of nitrogens with one attached hydrogen (secondary N) is 2. The molecule has 0 aromatic heterocycles. The molecule has 0 spiro atoms. The summed E-state index contributed by atoms with van der Waals surface area (Å²) >= 11 is 0. The molecule has 0 fully saturated rings. The lowest BCUT2D eigenvalue weighted by Crippen LogP contribution is -2.20. The van der Waals surface area contributed by atoms with Crippen molar-refractivity contribution in [1.29, 1.82) is 0 Å². The van der Waals surface area contributed by atoms with E-state index >= 15 is 0 Å². The van der Waals surface area contributed by atoms with Crippen molar-refractivity contribution in [3.05, 3.63) is 78.9 Å². The van der Waals surface area contributed by atoms with E-state index in [0.717, 1.165) is 5.75 Å². The van der Waals surface area contributed by atoms with Gasteiger partial charge in [0.05, 0.1) is 0 Å². The maximum Gasteiger partial charge on any atom is 0.262 e. The normalized spacial score (nSPS) is 10.0. The summed E-state index contributed by atoms with van der Waals surface area (Å²) in [5.41, 5.74) is 1.19. The second-order valence-corrected chi connectivity index (χ2v) is 5.99. The van der Waals surface area contributed by atoms with E-state index in [0.29, 0.717) is 22.9 Å². The number of ether oxygens (including phenoxy) is 2. The van der Waals surface area contributed by atoms with Gasteiger partial charge in [-0.3, -0.25) is 9.59 Å². The molecule has 28 heavy (non-hydrogen) atoms. The van der Waals surface area contributed by atoms with Crippen molar-refractivity contribution in [3.8, 4) is 17.2 Å². The SMILES string of the molecule is CC(=O)Nc1cccc(NC(=O)COc2ccc(Oc3ccccc3)cc2)c1. The molecule has 0 unspecified atom stereocenters. The average molecular weight is 376 g/mol. The Labute approximate surface area is 163 Å². The zero-order chi connectivity index (χ0) is 19.8. The van der Waals surface area contributed by atoms with Gasteiger partial charge in [-0.25, -0.2) is 0 Å². The monoisotopic (exact) mass is 376 g/mol. The van der Waals surface area contributed by atoms with Crippen molar-refractivity contribution in [1.82, 2.24) is 0 Å². The van der Waals surface area contributed by atoms with Gasteiger partial charge in [0, 0.05) is 18.3 Å². The quantitative estimate of drug-likeness (QED) is 0.638. The molecule has 0 atom stereocenters. The van der Waals surface area contributed by atoms with Crippen molar-refractivity contribution in [2.45, 2.75) is 6.92 Å². The smallest absolute Gasteiger partial charge is 0.262 e. The molecular formula is C22H20N2O4. The van der Waals surface area contributed by atoms with Crippen molar-refractivity contribution in [2.75, 3.05) is 17.2 Å². The standard InChI is InChI=1S/C22H20N2O4/c1-16(25)23-17-6-5-7-18(14-17)24-22(26)15-27-19-10-12-21(13-11-19)28-20-8-3-2-4-9-20/h2-14H,15H2,1H3,(H,23,25)(H,24,26). The predicted molar refractivity (Wildman–Crippen MR) is 108 cm³/mol. The fourth-order valence-electron chi connectivity index (χ4n) is 2.45. The van der Waals surface area contributed by atoms with E-state index in [2.05, 4.69) is 10.6 Å². The molecule has 0 aliphatic rings. The van der Waals surface area contributed by atoms with Gasteiger partial charge >= 0.3 is 0 Å². The number of hydrogen-bond donors (Lipinski definition) is 2. The Hall–Kier alpha value is -3.80. The van der Waals surface area contributed by atoms with Crippen LogP contribution in [0.5, 0.6) is 17.2 Å². The third kappa shape index (κ3) is 5.88. The summed E-state index contributed by atoms with van der Waals surface area (Å²) < 4.78 is 11.2. The molecule has 3 aromatic rings. The molecule has 3 aromatic carbocycles. The van der Waals surface area contributed by atoms with Crippen molar-refractivity contribution in [2.24, 2.45) is 0 Å². The topological polar surface area (TPSA) is 76.7 Å². The zero-order valence-corrected chi connectivity index (χ0v) is 15.3. The lowest BCUT2D eigenvalue weighted by Gasteiger charge is -2.10. The first-order valence-electron chi connectivity index (χ1n) is 8.72. The van der Waals surface area contributed by atoms with Gasteiger partial charge in [0.2, 0.25) is 5.91 Å². The fourth-order valence-corrected chi connectivity index (χ4v) is 2.45. The number of benzene rings is 3. The largest absolute Gasteiger partial charge is 0.484 e. The van der Waals surface area contributed by atoms with Crippen molar-refractivity contribution in [3.63, 3.8) is 0 Å². The number of hydrogen-bond acceptors (Lipinski definition) is 4. The van der Waals surface area contributed by atoms with Crippen LogP contribution in [0, 0.1) is 0 Å². The summed E-state index contributed by atoms with van der Waals surface area (Å²) in [5, 5.41) is 5.40. The second-order valence-electron chi connectivity index (χ2n) is 5.99. The van der Waals surface area contributed by atoms with Crippen LogP contribution in [0.3, 0.4) is 0 Å². The van der Waals surface area contributed by atoms with Crippen LogP contribution in [0.4, 0.5) is 11.4 Å². The van der Waals surface area contributed by atoms with Gasteiger partial charge < -0.3 is 20.1 Å². The van der Waals surface area contributed by atoms with E-state index in [1.165, 1.54) is 6.92 Å². The van der Waals surface area contributed by atoms with E-state index in [-0.39, 0.29) is 18.4 Å². The van der Waals surface area contributed by atoms with Gasteiger partial charge in [0.1, 0.15) is 17.2 Å². The van der Waals surface area contributed by atoms with Crippen molar-refractivity contribution < 1.29 is 19.1 Å². The zero-order valence-electron chi connectivity index (χ0n) is 15.3. The van der Waals surface area contributed by atoms with E-state index in [1.807, 2.05) is 30.3 Å². The van der Waals surface area contributed by atoms with Gasteiger partial charge in [-0.05, 0) is 54.6 Å². The number of para-hydroxylation sites is 1. The van der Waals surface area contributed by atoms with Crippen LogP contribution in [0.15, 0.2) is 78.9 Å². The molecule has 0 aliphatic heterocycles. The highest BCUT2D eigenvalue weighted by Crippen LogP contribution is 2.23. The van der Waals surface area contributed by atoms with Crippen LogP contribution in [0.25, 0.3) is 0 Å². The van der Waals surface area contributed by atoms with Crippen LogP contribution in [0.1, 0.15) is 6.92 Å². The molecule has 0 aliphatic carbocycles. The Morgan fingerprint density at radius 2 is 1.36 bits per heavy atom. The average Bonchev–Trinajstić information content (AvgIpc) is 2.68. The van der Waals surface area contributed by atoms with Gasteiger partial charge in [-0.2, -0.15) is 0 Å².